The SMILES string of the molecule is CCCCCCCC[C@H]1CC[C@H](c2ccc(C(=O)C(F)(F)CCC)cc2)CC1. The molecule has 0 atom stereocenters. The Bertz CT molecular complexity index is 571. The fraction of sp³-hybridized carbons (Fsp3) is 0.720. The number of hydrogen-bond acceptors (Lipinski definition) is 1. The van der Waals surface area contributed by atoms with Gasteiger partial charge in [-0.3, -0.25) is 4.79 Å². The van der Waals surface area contributed by atoms with E-state index >= 15 is 0 Å². The Balaban J connectivity index is 1.76. The van der Waals surface area contributed by atoms with Crippen molar-refractivity contribution < 1.29 is 13.6 Å². The highest BCUT2D eigenvalue weighted by Gasteiger charge is 2.38. The zero-order chi connectivity index (χ0) is 20.4. The van der Waals surface area contributed by atoms with Crippen LogP contribution in [-0.4, -0.2) is 11.7 Å². The molecule has 2 rings (SSSR count). The number of benzene rings is 1. The summed E-state index contributed by atoms with van der Waals surface area (Å²) < 4.78 is 27.7. The van der Waals surface area contributed by atoms with Gasteiger partial charge in [-0.15, -0.1) is 0 Å². The first-order chi connectivity index (χ1) is 13.5. The van der Waals surface area contributed by atoms with Gasteiger partial charge in [-0.25, -0.2) is 0 Å². The monoisotopic (exact) mass is 392 g/mol. The average Bonchev–Trinajstić information content (AvgIpc) is 2.70. The highest BCUT2D eigenvalue weighted by atomic mass is 19.3. The molecule has 0 saturated heterocycles. The van der Waals surface area contributed by atoms with Gasteiger partial charge in [-0.1, -0.05) is 83.1 Å². The van der Waals surface area contributed by atoms with Crippen molar-refractivity contribution in [2.75, 3.05) is 0 Å². The predicted octanol–water partition coefficient (Wildman–Crippen LogP) is 8.33. The Morgan fingerprint density at radius 2 is 1.50 bits per heavy atom. The molecule has 0 amide bonds. The molecule has 158 valence electrons. The van der Waals surface area contributed by atoms with Gasteiger partial charge >= 0.3 is 5.92 Å². The molecule has 0 aromatic heterocycles. The van der Waals surface area contributed by atoms with Crippen LogP contribution in [0, 0.1) is 5.92 Å². The van der Waals surface area contributed by atoms with Crippen LogP contribution in [0.1, 0.15) is 119 Å². The molecule has 1 aromatic carbocycles. The van der Waals surface area contributed by atoms with Crippen LogP contribution in [0.5, 0.6) is 0 Å². The fourth-order valence-corrected chi connectivity index (χ4v) is 4.54. The first kappa shape index (κ1) is 23.0. The van der Waals surface area contributed by atoms with Gasteiger partial charge in [0.1, 0.15) is 0 Å². The molecular formula is C25H38F2O. The molecule has 0 aliphatic heterocycles. The largest absolute Gasteiger partial charge is 0.309 e. The molecule has 0 radical (unpaired) electrons. The van der Waals surface area contributed by atoms with Crippen molar-refractivity contribution in [1.82, 2.24) is 0 Å². The van der Waals surface area contributed by atoms with E-state index in [4.69, 9.17) is 0 Å². The van der Waals surface area contributed by atoms with Gasteiger partial charge in [-0.05, 0) is 49.5 Å². The first-order valence-corrected chi connectivity index (χ1v) is 11.5. The maximum atomic E-state index is 13.8. The molecule has 0 spiro atoms. The van der Waals surface area contributed by atoms with Gasteiger partial charge in [0.2, 0.25) is 5.78 Å². The second kappa shape index (κ2) is 11.7. The minimum atomic E-state index is -3.25. The fourth-order valence-electron chi connectivity index (χ4n) is 4.54. The topological polar surface area (TPSA) is 17.1 Å². The summed E-state index contributed by atoms with van der Waals surface area (Å²) in [6.07, 6.45) is 14.4. The van der Waals surface area contributed by atoms with Gasteiger partial charge in [0, 0.05) is 12.0 Å². The highest BCUT2D eigenvalue weighted by Crippen LogP contribution is 2.38. The molecule has 1 aromatic rings. The molecule has 1 aliphatic carbocycles. The van der Waals surface area contributed by atoms with Crippen molar-refractivity contribution >= 4 is 5.78 Å². The summed E-state index contributed by atoms with van der Waals surface area (Å²) in [5.41, 5.74) is 1.34. The maximum absolute atomic E-state index is 13.8. The van der Waals surface area contributed by atoms with Gasteiger partial charge in [-0.2, -0.15) is 8.78 Å². The molecule has 0 unspecified atom stereocenters. The van der Waals surface area contributed by atoms with Crippen LogP contribution in [0.15, 0.2) is 24.3 Å². The highest BCUT2D eigenvalue weighted by molar-refractivity contribution is 6.01. The van der Waals surface area contributed by atoms with Crippen molar-refractivity contribution in [3.63, 3.8) is 0 Å². The lowest BCUT2D eigenvalue weighted by atomic mass is 9.77. The average molecular weight is 393 g/mol. The molecule has 28 heavy (non-hydrogen) atoms. The van der Waals surface area contributed by atoms with E-state index in [1.807, 2.05) is 12.1 Å². The quantitative estimate of drug-likeness (QED) is 0.258. The molecule has 3 heteroatoms. The van der Waals surface area contributed by atoms with Crippen molar-refractivity contribution in [2.45, 2.75) is 109 Å². The molecule has 0 heterocycles. The van der Waals surface area contributed by atoms with Crippen LogP contribution in [0.2, 0.25) is 0 Å². The van der Waals surface area contributed by atoms with Crippen molar-refractivity contribution in [3.8, 4) is 0 Å². The lowest BCUT2D eigenvalue weighted by molar-refractivity contribution is 0.00453. The van der Waals surface area contributed by atoms with E-state index in [1.165, 1.54) is 76.2 Å². The van der Waals surface area contributed by atoms with Gasteiger partial charge in [0.25, 0.3) is 0 Å². The van der Waals surface area contributed by atoms with Crippen molar-refractivity contribution in [3.05, 3.63) is 35.4 Å². The van der Waals surface area contributed by atoms with Crippen LogP contribution in [-0.2, 0) is 0 Å². The van der Waals surface area contributed by atoms with Crippen LogP contribution in [0.25, 0.3) is 0 Å². The van der Waals surface area contributed by atoms with Crippen LogP contribution in [0.3, 0.4) is 0 Å². The van der Waals surface area contributed by atoms with Gasteiger partial charge in [0.15, 0.2) is 0 Å². The number of ketones is 1. The summed E-state index contributed by atoms with van der Waals surface area (Å²) in [5, 5.41) is 0. The lowest BCUT2D eigenvalue weighted by Crippen LogP contribution is -2.28. The molecule has 0 bridgehead atoms. The maximum Gasteiger partial charge on any atom is 0.309 e. The molecule has 1 fully saturated rings. The van der Waals surface area contributed by atoms with E-state index in [1.54, 1.807) is 19.1 Å². The van der Waals surface area contributed by atoms with Gasteiger partial charge < -0.3 is 0 Å². The summed E-state index contributed by atoms with van der Waals surface area (Å²) in [5.74, 6) is -2.91. The smallest absolute Gasteiger partial charge is 0.287 e. The molecule has 1 nitrogen and oxygen atoms in total. The number of hydrogen-bond donors (Lipinski definition) is 0. The van der Waals surface area contributed by atoms with E-state index < -0.39 is 11.7 Å². The van der Waals surface area contributed by atoms with Crippen molar-refractivity contribution in [2.24, 2.45) is 5.92 Å². The third-order valence-corrected chi connectivity index (χ3v) is 6.35. The summed E-state index contributed by atoms with van der Waals surface area (Å²) in [4.78, 5) is 12.0. The van der Waals surface area contributed by atoms with E-state index in [0.717, 1.165) is 5.92 Å². The molecule has 0 N–H and O–H groups in total. The van der Waals surface area contributed by atoms with Crippen molar-refractivity contribution in [1.29, 1.82) is 0 Å². The normalized spacial score (nSPS) is 20.3. The Morgan fingerprint density at radius 3 is 2.11 bits per heavy atom. The van der Waals surface area contributed by atoms with E-state index in [9.17, 15) is 13.6 Å². The Hall–Kier alpha value is -1.25. The van der Waals surface area contributed by atoms with Crippen LogP contribution in [0.4, 0.5) is 8.78 Å². The number of carbonyl (C=O) groups is 1. The number of alkyl halides is 2. The van der Waals surface area contributed by atoms with E-state index in [-0.39, 0.29) is 12.0 Å². The zero-order valence-corrected chi connectivity index (χ0v) is 17.8. The predicted molar refractivity (Wildman–Crippen MR) is 113 cm³/mol. The summed E-state index contributed by atoms with van der Waals surface area (Å²) >= 11 is 0. The molecule has 1 aliphatic rings. The summed E-state index contributed by atoms with van der Waals surface area (Å²) in [6.45, 7) is 3.93. The second-order valence-corrected chi connectivity index (χ2v) is 8.68. The number of carbonyl (C=O) groups excluding carboxylic acids is 1. The number of unbranched alkanes of at least 4 members (excludes halogenated alkanes) is 5. The molecule has 1 saturated carbocycles. The number of rotatable bonds is 12. The third-order valence-electron chi connectivity index (χ3n) is 6.35. The minimum absolute atomic E-state index is 0.138. The summed E-state index contributed by atoms with van der Waals surface area (Å²) in [7, 11) is 0. The number of halogens is 2. The van der Waals surface area contributed by atoms with E-state index in [2.05, 4.69) is 6.92 Å². The Labute approximate surface area is 170 Å². The van der Waals surface area contributed by atoms with Crippen LogP contribution >= 0.6 is 0 Å². The molecular weight excluding hydrogens is 354 g/mol. The number of Topliss-reactive ketones (excluding diaryl/α,β-unsaturated/α-hetero) is 1. The lowest BCUT2D eigenvalue weighted by Gasteiger charge is -2.29. The van der Waals surface area contributed by atoms with E-state index in [0.29, 0.717) is 12.3 Å². The third kappa shape index (κ3) is 6.97. The first-order valence-electron chi connectivity index (χ1n) is 11.5. The minimum Gasteiger partial charge on any atom is -0.287 e. The summed E-state index contributed by atoms with van der Waals surface area (Å²) in [6, 6.07) is 7.00. The second-order valence-electron chi connectivity index (χ2n) is 8.68. The Kier molecular flexibility index (Phi) is 9.61. The van der Waals surface area contributed by atoms with Crippen LogP contribution < -0.4 is 0 Å². The zero-order valence-electron chi connectivity index (χ0n) is 17.8. The Morgan fingerprint density at radius 1 is 0.893 bits per heavy atom. The van der Waals surface area contributed by atoms with Gasteiger partial charge in [0.05, 0.1) is 0 Å². The standard InChI is InChI=1S/C25H38F2O/c1-3-5-6-7-8-9-10-20-11-13-21(14-12-20)22-15-17-23(18-16-22)24(28)25(26,27)19-4-2/h15-18,20-21H,3-14,19H2,1-2H3/t20-,21-.